The highest BCUT2D eigenvalue weighted by Crippen LogP contribution is 2.32. The summed E-state index contributed by atoms with van der Waals surface area (Å²) < 4.78 is 30.8. The van der Waals surface area contributed by atoms with Crippen LogP contribution in [0.4, 0.5) is 11.4 Å². The molecule has 0 radical (unpaired) electrons. The summed E-state index contributed by atoms with van der Waals surface area (Å²) in [6.07, 6.45) is 7.56. The second-order valence-corrected chi connectivity index (χ2v) is 13.9. The van der Waals surface area contributed by atoms with E-state index in [1.807, 2.05) is 18.2 Å². The van der Waals surface area contributed by atoms with Crippen LogP contribution in [-0.2, 0) is 14.8 Å². The summed E-state index contributed by atoms with van der Waals surface area (Å²) in [7, 11) is -3.55. The van der Waals surface area contributed by atoms with Gasteiger partial charge in [-0.3, -0.25) is 9.52 Å². The van der Waals surface area contributed by atoms with Gasteiger partial charge in [0.25, 0.3) is 5.91 Å². The predicted molar refractivity (Wildman–Crippen MR) is 171 cm³/mol. The number of rotatable bonds is 10. The number of phenolic OH excluding ortho intramolecular Hbond substituents is 1. The first kappa shape index (κ1) is 31.2. The predicted octanol–water partition coefficient (Wildman–Crippen LogP) is 3.22. The van der Waals surface area contributed by atoms with E-state index in [0.29, 0.717) is 17.2 Å². The number of likely N-dealkylation sites (tertiary alicyclic amines) is 1. The van der Waals surface area contributed by atoms with E-state index < -0.39 is 16.1 Å². The van der Waals surface area contributed by atoms with Crippen LogP contribution in [-0.4, -0.2) is 92.3 Å². The van der Waals surface area contributed by atoms with Crippen molar-refractivity contribution in [2.24, 2.45) is 4.99 Å². The van der Waals surface area contributed by atoms with Crippen molar-refractivity contribution in [2.75, 3.05) is 55.2 Å². The minimum Gasteiger partial charge on any atom is -0.506 e. The average molecular weight is 630 g/mol. The first-order valence-electron chi connectivity index (χ1n) is 14.6. The molecule has 0 saturated carbocycles. The van der Waals surface area contributed by atoms with E-state index in [1.165, 1.54) is 36.4 Å². The third kappa shape index (κ3) is 8.88. The zero-order chi connectivity index (χ0) is 30.4. The number of amidine groups is 1. The van der Waals surface area contributed by atoms with Gasteiger partial charge in [0.2, 0.25) is 10.0 Å². The lowest BCUT2D eigenvalue weighted by Gasteiger charge is -2.34. The van der Waals surface area contributed by atoms with Crippen LogP contribution < -0.4 is 19.7 Å². The topological polar surface area (TPSA) is 144 Å². The summed E-state index contributed by atoms with van der Waals surface area (Å²) in [6, 6.07) is 12.8. The molecule has 5 rings (SSSR count). The first-order chi connectivity index (χ1) is 20.6. The van der Waals surface area contributed by atoms with Crippen molar-refractivity contribution in [3.05, 3.63) is 52.9 Å². The van der Waals surface area contributed by atoms with Crippen LogP contribution in [0, 0.1) is 0 Å². The Morgan fingerprint density at radius 1 is 1.07 bits per heavy atom. The summed E-state index contributed by atoms with van der Waals surface area (Å²) in [5.41, 5.74) is 2.14. The Balaban J connectivity index is 1.03. The van der Waals surface area contributed by atoms with Crippen molar-refractivity contribution in [1.82, 2.24) is 10.2 Å². The van der Waals surface area contributed by atoms with Crippen LogP contribution >= 0.6 is 11.8 Å². The van der Waals surface area contributed by atoms with Gasteiger partial charge in [0.15, 0.2) is 5.17 Å². The number of aliphatic hydroxyl groups is 1. The Labute approximate surface area is 257 Å². The third-order valence-corrected chi connectivity index (χ3v) is 9.27. The number of phenols is 1. The lowest BCUT2D eigenvalue weighted by atomic mass is 10.0. The van der Waals surface area contributed by atoms with Gasteiger partial charge in [0.1, 0.15) is 24.2 Å². The highest BCUT2D eigenvalue weighted by Gasteiger charge is 2.27. The number of amides is 1. The number of aliphatic imine (C=N–C) groups is 1. The van der Waals surface area contributed by atoms with Crippen molar-refractivity contribution < 1.29 is 28.2 Å². The number of hydrogen-bond acceptors (Lipinski definition) is 10. The second-order valence-electron chi connectivity index (χ2n) is 11.1. The summed E-state index contributed by atoms with van der Waals surface area (Å²) in [5, 5.41) is 24.5. The Morgan fingerprint density at radius 3 is 2.49 bits per heavy atom. The van der Waals surface area contributed by atoms with Crippen molar-refractivity contribution in [1.29, 1.82) is 0 Å². The summed E-state index contributed by atoms with van der Waals surface area (Å²) >= 11 is 1.48. The molecular weight excluding hydrogens is 590 g/mol. The van der Waals surface area contributed by atoms with Crippen LogP contribution in [0.5, 0.6) is 11.5 Å². The molecule has 232 valence electrons. The number of carbonyl (C=O) groups excluding carboxylic acids is 1. The maximum atomic E-state index is 12.5. The molecule has 1 amide bonds. The standard InChI is InChI=1S/C30H39N5O6S2/c1-43(39,40)33-26-18-25(9-10-27(26)37)41-20-24(36)19-31-22-11-15-34(16-12-22)23-7-5-21(6-8-23)17-28-29(38)32-30(42-28)35-13-3-2-4-14-35/h5-10,17-18,22,24,31,33,36-37H,2-4,11-16,19-20H2,1H3/b28-17-/t24-/m0/s1. The highest BCUT2D eigenvalue weighted by molar-refractivity contribution is 8.18. The molecule has 3 aliphatic rings. The van der Waals surface area contributed by atoms with Crippen LogP contribution in [0.1, 0.15) is 37.7 Å². The summed E-state index contributed by atoms with van der Waals surface area (Å²) in [4.78, 5) is 22.0. The van der Waals surface area contributed by atoms with E-state index in [-0.39, 0.29) is 30.0 Å². The lowest BCUT2D eigenvalue weighted by Crippen LogP contribution is -2.45. The summed E-state index contributed by atoms with van der Waals surface area (Å²) in [6.45, 7) is 4.09. The maximum absolute atomic E-state index is 12.5. The number of nitrogens with zero attached hydrogens (tertiary/aromatic N) is 3. The molecule has 0 unspecified atom stereocenters. The van der Waals surface area contributed by atoms with E-state index >= 15 is 0 Å². The number of nitrogens with one attached hydrogen (secondary N) is 2. The fourth-order valence-corrected chi connectivity index (χ4v) is 6.86. The molecule has 4 N–H and O–H groups in total. The highest BCUT2D eigenvalue weighted by atomic mass is 32.2. The molecule has 0 spiro atoms. The van der Waals surface area contributed by atoms with E-state index in [0.717, 1.165) is 74.5 Å². The van der Waals surface area contributed by atoms with E-state index in [9.17, 15) is 23.4 Å². The molecule has 2 fully saturated rings. The molecule has 3 aliphatic heterocycles. The van der Waals surface area contributed by atoms with Gasteiger partial charge < -0.3 is 30.1 Å². The van der Waals surface area contributed by atoms with Crippen LogP contribution in [0.2, 0.25) is 0 Å². The maximum Gasteiger partial charge on any atom is 0.286 e. The molecule has 13 heteroatoms. The lowest BCUT2D eigenvalue weighted by molar-refractivity contribution is -0.113. The van der Waals surface area contributed by atoms with E-state index in [1.54, 1.807) is 0 Å². The van der Waals surface area contributed by atoms with Crippen molar-refractivity contribution >= 4 is 50.3 Å². The van der Waals surface area contributed by atoms with Gasteiger partial charge in [0, 0.05) is 50.5 Å². The van der Waals surface area contributed by atoms with Crippen LogP contribution in [0.25, 0.3) is 6.08 Å². The van der Waals surface area contributed by atoms with Crippen molar-refractivity contribution in [3.63, 3.8) is 0 Å². The molecule has 2 aromatic rings. The summed E-state index contributed by atoms with van der Waals surface area (Å²) in [5.74, 6) is -0.0315. The minimum absolute atomic E-state index is 0.0189. The number of sulfonamides is 1. The Kier molecular flexibility index (Phi) is 10.2. The zero-order valence-electron chi connectivity index (χ0n) is 24.2. The van der Waals surface area contributed by atoms with Gasteiger partial charge in [-0.2, -0.15) is 4.99 Å². The molecular formula is C30H39N5O6S2. The first-order valence-corrected chi connectivity index (χ1v) is 17.3. The monoisotopic (exact) mass is 629 g/mol. The number of benzene rings is 2. The number of thioether (sulfide) groups is 1. The van der Waals surface area contributed by atoms with Gasteiger partial charge in [-0.25, -0.2) is 8.42 Å². The Bertz CT molecular complexity index is 1450. The molecule has 0 bridgehead atoms. The smallest absolute Gasteiger partial charge is 0.286 e. The van der Waals surface area contributed by atoms with Gasteiger partial charge in [0.05, 0.1) is 16.8 Å². The molecule has 43 heavy (non-hydrogen) atoms. The molecule has 2 saturated heterocycles. The van der Waals surface area contributed by atoms with Crippen molar-refractivity contribution in [3.8, 4) is 11.5 Å². The molecule has 3 heterocycles. The number of piperidine rings is 2. The fraction of sp³-hybridized carbons (Fsp3) is 0.467. The second kappa shape index (κ2) is 14.0. The fourth-order valence-electron chi connectivity index (χ4n) is 5.33. The normalized spacial score (nSPS) is 19.9. The third-order valence-electron chi connectivity index (χ3n) is 7.63. The largest absolute Gasteiger partial charge is 0.506 e. The van der Waals surface area contributed by atoms with Crippen LogP contribution in [0.3, 0.4) is 0 Å². The molecule has 0 aliphatic carbocycles. The zero-order valence-corrected chi connectivity index (χ0v) is 25.9. The van der Waals surface area contributed by atoms with Gasteiger partial charge in [-0.05, 0) is 79.8 Å². The van der Waals surface area contributed by atoms with Gasteiger partial charge in [-0.15, -0.1) is 0 Å². The number of carbonyl (C=O) groups is 1. The van der Waals surface area contributed by atoms with Crippen molar-refractivity contribution in [2.45, 2.75) is 44.2 Å². The number of ether oxygens (including phenoxy) is 1. The average Bonchev–Trinajstić information content (AvgIpc) is 3.36. The minimum atomic E-state index is -3.55. The van der Waals surface area contributed by atoms with Crippen LogP contribution in [0.15, 0.2) is 52.4 Å². The van der Waals surface area contributed by atoms with Gasteiger partial charge >= 0.3 is 0 Å². The Morgan fingerprint density at radius 2 is 1.79 bits per heavy atom. The van der Waals surface area contributed by atoms with E-state index in [4.69, 9.17) is 4.74 Å². The molecule has 1 atom stereocenters. The quantitative estimate of drug-likeness (QED) is 0.229. The Hall–Kier alpha value is -3.26. The number of aliphatic hydroxyl groups excluding tert-OH is 1. The molecule has 11 nitrogen and oxygen atoms in total. The van der Waals surface area contributed by atoms with Gasteiger partial charge in [-0.1, -0.05) is 12.1 Å². The number of aromatic hydroxyl groups is 1. The molecule has 0 aromatic heterocycles. The number of hydrogen-bond donors (Lipinski definition) is 4. The SMILES string of the molecule is CS(=O)(=O)Nc1cc(OC[C@@H](O)CNC2CCN(c3ccc(/C=C4\SC(N5CCCCC5)=NC4=O)cc3)CC2)ccc1O. The van der Waals surface area contributed by atoms with E-state index in [2.05, 4.69) is 37.0 Å². The number of anilines is 2. The molecule has 2 aromatic carbocycles.